The summed E-state index contributed by atoms with van der Waals surface area (Å²) in [4.78, 5) is 193. The second-order valence-electron chi connectivity index (χ2n) is 31.1. The number of aliphatic hydroxyl groups is 4. The van der Waals surface area contributed by atoms with E-state index in [0.717, 1.165) is 6.92 Å². The maximum atomic E-state index is 14.5. The predicted molar refractivity (Wildman–Crippen MR) is 401 cm³/mol. The van der Waals surface area contributed by atoms with Crippen molar-refractivity contribution in [1.29, 1.82) is 5.41 Å². The average molecular weight is 1560 g/mol. The number of aliphatic carboxylic acids is 1. The lowest BCUT2D eigenvalue weighted by atomic mass is 9.86. The number of carbonyl (C=O) groups is 14. The van der Waals surface area contributed by atoms with E-state index in [4.69, 9.17) is 26.4 Å². The molecule has 15 atom stereocenters. The van der Waals surface area contributed by atoms with Crippen molar-refractivity contribution >= 4 is 89.1 Å². The lowest BCUT2D eigenvalue weighted by Crippen LogP contribution is -2.63. The molecule has 37 heteroatoms. The Morgan fingerprint density at radius 1 is 0.509 bits per heavy atom. The minimum absolute atomic E-state index is 0.0254. The van der Waals surface area contributed by atoms with Gasteiger partial charge in [-0.15, -0.1) is 0 Å². The number of carboxylic acids is 1. The summed E-state index contributed by atoms with van der Waals surface area (Å²) < 4.78 is 10.7. The van der Waals surface area contributed by atoms with Gasteiger partial charge in [0.05, 0.1) is 31.4 Å². The van der Waals surface area contributed by atoms with Crippen LogP contribution < -0.4 is 80.6 Å². The number of aliphatic hydroxyl groups excluding tert-OH is 4. The number of nitrogens with one attached hydrogen (secondary N) is 14. The molecule has 23 N–H and O–H groups in total. The number of nitrogens with two attached hydrogens (primary N) is 2. The molecule has 0 aliphatic rings. The Bertz CT molecular complexity index is 3440. The molecule has 0 aliphatic heterocycles. The molecule has 0 aromatic heterocycles. The van der Waals surface area contributed by atoms with Crippen LogP contribution in [0.25, 0.3) is 0 Å². The number of guanidine groups is 1. The summed E-state index contributed by atoms with van der Waals surface area (Å²) >= 11 is 0. The maximum absolute atomic E-state index is 14.5. The van der Waals surface area contributed by atoms with E-state index in [1.54, 1.807) is 140 Å². The van der Waals surface area contributed by atoms with Crippen molar-refractivity contribution in [2.75, 3.05) is 19.7 Å². The Kier molecular flexibility index (Phi) is 39.2. The largest absolute Gasteiger partial charge is 0.480 e. The normalized spacial score (nSPS) is 15.7. The molecule has 2 aromatic carbocycles. The van der Waals surface area contributed by atoms with Gasteiger partial charge in [-0.1, -0.05) is 150 Å². The number of alkyl carbamates (subject to hydrolysis) is 2. The molecular weight excluding hydrogens is 1440 g/mol. The fourth-order valence-corrected chi connectivity index (χ4v) is 10.8. The molecule has 110 heavy (non-hydrogen) atoms. The quantitative estimate of drug-likeness (QED) is 0.0206. The molecule has 0 fully saturated rings. The summed E-state index contributed by atoms with van der Waals surface area (Å²) in [7, 11) is 0. The highest BCUT2D eigenvalue weighted by molar-refractivity contribution is 6.00. The van der Waals surface area contributed by atoms with Gasteiger partial charge >= 0.3 is 18.2 Å². The minimum Gasteiger partial charge on any atom is -0.480 e. The number of primary amides is 1. The highest BCUT2D eigenvalue weighted by atomic mass is 16.6. The monoisotopic (exact) mass is 1550 g/mol. The second-order valence-corrected chi connectivity index (χ2v) is 31.1. The first-order valence-corrected chi connectivity index (χ1v) is 36.3. The van der Waals surface area contributed by atoms with Gasteiger partial charge in [-0.25, -0.2) is 14.4 Å². The smallest absolute Gasteiger partial charge is 0.408 e. The summed E-state index contributed by atoms with van der Waals surface area (Å²) in [6.07, 6.45) is -7.78. The molecule has 0 aliphatic carbocycles. The SMILES string of the molecule is CC[C@H](C)C(NC(=O)[C@@H](CCCNC(=N)N)NC(=O)[C@H](CC(C)C)NC(=O)[C@@H](NC(=O)OC(C)(C)C)[C@H](O)C(C)C)C(=O)N[C@H](C(=O)NCC(=O)N[C@H](C(=O)N[C@@H](CO)C(=O)N[C@H](c1ccccc1)[C@H](NC(=O)[C@H](CC(C)(C)C)NC(=O)[C@@H](CC(C)(C)C)NC(=O)OCc1ccccc1)C(=O)O)[C@H](O)C(N)=O)[C@H](C)O. The molecule has 0 saturated carbocycles. The first-order chi connectivity index (χ1) is 51.0. The van der Waals surface area contributed by atoms with Crippen LogP contribution in [0.5, 0.6) is 0 Å². The number of carboxylic acid groups (broad SMARTS) is 1. The molecular formula is C73H118N16O21. The third-order valence-corrected chi connectivity index (χ3v) is 16.7. The number of carbonyl (C=O) groups excluding carboxylic acids is 13. The summed E-state index contributed by atoms with van der Waals surface area (Å²) in [6.45, 7) is 23.8. The summed E-state index contributed by atoms with van der Waals surface area (Å²) in [5.74, 6) is -16.7. The Labute approximate surface area is 641 Å². The van der Waals surface area contributed by atoms with Crippen LogP contribution in [0, 0.1) is 34.0 Å². The van der Waals surface area contributed by atoms with Crippen molar-refractivity contribution in [3.63, 3.8) is 0 Å². The van der Waals surface area contributed by atoms with E-state index in [2.05, 4.69) is 58.5 Å². The number of rotatable bonds is 43. The first-order valence-electron chi connectivity index (χ1n) is 36.3. The number of hydrogen-bond acceptors (Lipinski definition) is 21. The molecule has 2 aromatic rings. The van der Waals surface area contributed by atoms with Gasteiger partial charge in [0, 0.05) is 6.54 Å². The Hall–Kier alpha value is -10.3. The van der Waals surface area contributed by atoms with Gasteiger partial charge in [0.2, 0.25) is 65.0 Å². The van der Waals surface area contributed by atoms with Crippen molar-refractivity contribution in [2.45, 2.75) is 246 Å². The van der Waals surface area contributed by atoms with E-state index in [0.29, 0.717) is 5.56 Å². The van der Waals surface area contributed by atoms with E-state index in [1.807, 2.05) is 10.6 Å². The van der Waals surface area contributed by atoms with Crippen LogP contribution in [0.1, 0.15) is 166 Å². The highest BCUT2D eigenvalue weighted by Gasteiger charge is 2.42. The van der Waals surface area contributed by atoms with Crippen LogP contribution in [0.2, 0.25) is 0 Å². The summed E-state index contributed by atoms with van der Waals surface area (Å²) in [5, 5.41) is 93.1. The zero-order valence-electron chi connectivity index (χ0n) is 65.6. The van der Waals surface area contributed by atoms with Gasteiger partial charge in [-0.2, -0.15) is 0 Å². The van der Waals surface area contributed by atoms with Crippen LogP contribution in [0.4, 0.5) is 9.59 Å². The van der Waals surface area contributed by atoms with Crippen molar-refractivity contribution in [1.82, 2.24) is 69.1 Å². The van der Waals surface area contributed by atoms with E-state index < -0.39 is 215 Å². The van der Waals surface area contributed by atoms with Crippen molar-refractivity contribution < 1.29 is 102 Å². The number of ether oxygens (including phenoxy) is 2. The van der Waals surface area contributed by atoms with Gasteiger partial charge in [0.15, 0.2) is 18.1 Å². The molecule has 0 saturated heterocycles. The second kappa shape index (κ2) is 45.0. The van der Waals surface area contributed by atoms with Crippen molar-refractivity contribution in [2.24, 2.45) is 40.1 Å². The van der Waals surface area contributed by atoms with Crippen LogP contribution in [0.15, 0.2) is 60.7 Å². The van der Waals surface area contributed by atoms with Crippen LogP contribution in [0.3, 0.4) is 0 Å². The Balaban J connectivity index is 2.44. The van der Waals surface area contributed by atoms with Crippen LogP contribution in [-0.4, -0.2) is 219 Å². The van der Waals surface area contributed by atoms with Gasteiger partial charge in [-0.3, -0.25) is 58.1 Å². The molecule has 0 heterocycles. The fourth-order valence-electron chi connectivity index (χ4n) is 10.8. The summed E-state index contributed by atoms with van der Waals surface area (Å²) in [5.41, 5.74) is 9.23. The zero-order valence-corrected chi connectivity index (χ0v) is 65.6. The molecule has 37 nitrogen and oxygen atoms in total. The van der Waals surface area contributed by atoms with Crippen LogP contribution >= 0.6 is 0 Å². The lowest BCUT2D eigenvalue weighted by Gasteiger charge is -2.32. The standard InChI is InChI=1S/C73H118N16O21/c1-17-39(6)49(85-58(96)43(29-24-30-77-68(75)76)79-59(97)44(31-37(2)3)80-65(103)53(55(93)38(4)5)89-70(108)110-73(14,15)16)64(102)86-50(40(7)91)63(101)78-34-48(92)84-54(56(94)57(74)95)66(104)82-47(35-90)62(100)87-51(42-27-22-19-23-28-42)52(67(105)106)88-61(99)45(32-71(8,9)10)81-60(98)46(33-72(11,12)13)83-69(107)109-36-41-25-20-18-21-26-41/h18-23,25-28,37-40,43-47,49-56,90-91,93-94H,17,24,29-36H2,1-16H3,(H2,74,95)(H,78,101)(H,79,97)(H,80,103)(H,81,98)(H,82,104)(H,83,107)(H,84,92)(H,85,96)(H,86,102)(H,87,100)(H,88,99)(H,89,108)(H,105,106)(H4,75,76,77)/t39-,40-,43+,44-,45-,46+,47-,49?,50-,51+,52-,53-,54-,55+,56-/m0/s1. The fraction of sp³-hybridized carbons (Fsp3) is 0.630. The lowest BCUT2D eigenvalue weighted by molar-refractivity contribution is -0.144. The molecule has 0 bridgehead atoms. The molecule has 0 spiro atoms. The molecule has 2 rings (SSSR count). The number of amides is 13. The number of hydrogen-bond donors (Lipinski definition) is 21. The van der Waals surface area contributed by atoms with Crippen LogP contribution in [-0.2, 0) is 73.6 Å². The predicted octanol–water partition coefficient (Wildman–Crippen LogP) is -1.42. The highest BCUT2D eigenvalue weighted by Crippen LogP contribution is 2.26. The van der Waals surface area contributed by atoms with E-state index in [9.17, 15) is 92.7 Å². The molecule has 616 valence electrons. The Morgan fingerprint density at radius 3 is 1.48 bits per heavy atom. The average Bonchev–Trinajstić information content (AvgIpc) is 0.826. The molecule has 1 unspecified atom stereocenters. The third kappa shape index (κ3) is 35.0. The molecule has 0 radical (unpaired) electrons. The van der Waals surface area contributed by atoms with E-state index in [-0.39, 0.29) is 63.2 Å². The third-order valence-electron chi connectivity index (χ3n) is 16.7. The van der Waals surface area contributed by atoms with Gasteiger partial charge in [0.1, 0.15) is 66.6 Å². The van der Waals surface area contributed by atoms with Gasteiger partial charge < -0.3 is 116 Å². The van der Waals surface area contributed by atoms with Gasteiger partial charge in [-0.05, 0) is 99.5 Å². The minimum atomic E-state index is -2.60. The molecule has 13 amide bonds. The zero-order chi connectivity index (χ0) is 83.9. The summed E-state index contributed by atoms with van der Waals surface area (Å²) in [6, 6.07) is -3.16. The topological polar surface area (TPSA) is 591 Å². The Morgan fingerprint density at radius 2 is 0.982 bits per heavy atom. The van der Waals surface area contributed by atoms with Crippen molar-refractivity contribution in [3.8, 4) is 0 Å². The maximum Gasteiger partial charge on any atom is 0.408 e. The van der Waals surface area contributed by atoms with E-state index in [1.165, 1.54) is 24.3 Å². The van der Waals surface area contributed by atoms with Crippen molar-refractivity contribution in [3.05, 3.63) is 71.8 Å². The first kappa shape index (κ1) is 95.8. The van der Waals surface area contributed by atoms with E-state index >= 15 is 0 Å². The number of benzene rings is 2. The van der Waals surface area contributed by atoms with Gasteiger partial charge in [0.25, 0.3) is 0 Å².